The summed E-state index contributed by atoms with van der Waals surface area (Å²) in [6.07, 6.45) is -3.21. The van der Waals surface area contributed by atoms with E-state index in [1.807, 2.05) is 4.90 Å². The third-order valence-corrected chi connectivity index (χ3v) is 8.37. The first-order valence-corrected chi connectivity index (χ1v) is 13.6. The molecule has 0 spiro atoms. The van der Waals surface area contributed by atoms with E-state index in [1.54, 1.807) is 37.5 Å². The molecular formula is C28H34F3N5O4. The molecule has 0 radical (unpaired) electrons. The second-order valence-corrected chi connectivity index (χ2v) is 12.3. The molecule has 9 nitrogen and oxygen atoms in total. The summed E-state index contributed by atoms with van der Waals surface area (Å²) >= 11 is 0. The first-order chi connectivity index (χ1) is 18.7. The lowest BCUT2D eigenvalue weighted by atomic mass is 10.0. The van der Waals surface area contributed by atoms with Crippen LogP contribution >= 0.6 is 0 Å². The zero-order chi connectivity index (χ0) is 29.1. The fourth-order valence-electron chi connectivity index (χ4n) is 6.45. The number of rotatable bonds is 6. The van der Waals surface area contributed by atoms with E-state index in [0.29, 0.717) is 30.9 Å². The van der Waals surface area contributed by atoms with Crippen LogP contribution in [0.2, 0.25) is 0 Å². The Bertz CT molecular complexity index is 1220. The number of fused-ring (bicyclic) bond motifs is 3. The highest BCUT2D eigenvalue weighted by Gasteiger charge is 2.56. The Hall–Kier alpha value is -3.33. The van der Waals surface area contributed by atoms with Crippen molar-refractivity contribution in [1.82, 2.24) is 20.0 Å². The van der Waals surface area contributed by atoms with Crippen molar-refractivity contribution < 1.29 is 32.3 Å². The average Bonchev–Trinajstić information content (AvgIpc) is 3.18. The fraction of sp³-hybridized carbons (Fsp3) is 0.643. The normalized spacial score (nSPS) is 29.1. The highest BCUT2D eigenvalue weighted by Crippen LogP contribution is 2.48. The van der Waals surface area contributed by atoms with Crippen LogP contribution in [-0.4, -0.2) is 81.5 Å². The van der Waals surface area contributed by atoms with Gasteiger partial charge in [-0.3, -0.25) is 14.5 Å². The molecular weight excluding hydrogens is 527 g/mol. The number of carbonyl (C=O) groups excluding carboxylic acids is 3. The molecule has 216 valence electrons. The topological polar surface area (TPSA) is 106 Å². The molecule has 1 aromatic carbocycles. The Morgan fingerprint density at radius 3 is 2.40 bits per heavy atom. The molecule has 3 heterocycles. The van der Waals surface area contributed by atoms with E-state index >= 15 is 0 Å². The number of nitrogens with one attached hydrogen (secondary N) is 1. The lowest BCUT2D eigenvalue weighted by Crippen LogP contribution is -2.59. The molecule has 6 unspecified atom stereocenters. The summed E-state index contributed by atoms with van der Waals surface area (Å²) in [7, 11) is 0. The number of piperidine rings is 1. The van der Waals surface area contributed by atoms with E-state index < -0.39 is 47.6 Å². The first kappa shape index (κ1) is 28.2. The van der Waals surface area contributed by atoms with Crippen LogP contribution in [-0.2, 0) is 20.5 Å². The number of carbonyl (C=O) groups is 3. The number of ether oxygens (including phenoxy) is 1. The van der Waals surface area contributed by atoms with Gasteiger partial charge in [0.05, 0.1) is 23.7 Å². The second kappa shape index (κ2) is 9.94. The van der Waals surface area contributed by atoms with Gasteiger partial charge in [0, 0.05) is 25.2 Å². The molecule has 1 aromatic rings. The largest absolute Gasteiger partial charge is 0.444 e. The summed E-state index contributed by atoms with van der Waals surface area (Å²) in [5.74, 6) is -0.210. The van der Waals surface area contributed by atoms with E-state index in [9.17, 15) is 32.8 Å². The number of amides is 3. The lowest BCUT2D eigenvalue weighted by molar-refractivity contribution is -0.141. The maximum absolute atomic E-state index is 13.7. The van der Waals surface area contributed by atoms with Crippen molar-refractivity contribution in [2.45, 2.75) is 95.0 Å². The van der Waals surface area contributed by atoms with E-state index in [2.05, 4.69) is 11.4 Å². The Morgan fingerprint density at radius 2 is 1.82 bits per heavy atom. The summed E-state index contributed by atoms with van der Waals surface area (Å²) in [6.45, 7) is 7.48. The van der Waals surface area contributed by atoms with Crippen LogP contribution in [0.4, 0.5) is 18.0 Å². The van der Waals surface area contributed by atoms with Gasteiger partial charge in [0.15, 0.2) is 0 Å². The van der Waals surface area contributed by atoms with Gasteiger partial charge in [0.2, 0.25) is 11.8 Å². The number of halogens is 3. The van der Waals surface area contributed by atoms with E-state index in [1.165, 1.54) is 12.1 Å². The molecule has 1 N–H and O–H groups in total. The van der Waals surface area contributed by atoms with Crippen LogP contribution in [0.15, 0.2) is 24.3 Å². The number of nitrogens with zero attached hydrogens (tertiary/aromatic N) is 4. The fourth-order valence-corrected chi connectivity index (χ4v) is 6.45. The molecule has 3 aliphatic heterocycles. The Morgan fingerprint density at radius 1 is 1.15 bits per heavy atom. The predicted molar refractivity (Wildman–Crippen MR) is 136 cm³/mol. The molecule has 4 fully saturated rings. The van der Waals surface area contributed by atoms with Gasteiger partial charge >= 0.3 is 12.3 Å². The molecule has 5 rings (SSSR count). The van der Waals surface area contributed by atoms with Crippen LogP contribution in [0.3, 0.4) is 0 Å². The lowest BCUT2D eigenvalue weighted by Gasteiger charge is -2.39. The number of hydrogen-bond donors (Lipinski definition) is 1. The minimum Gasteiger partial charge on any atom is -0.444 e. The highest BCUT2D eigenvalue weighted by atomic mass is 19.4. The summed E-state index contributed by atoms with van der Waals surface area (Å²) in [5.41, 5.74) is -0.915. The first-order valence-electron chi connectivity index (χ1n) is 13.6. The van der Waals surface area contributed by atoms with Crippen LogP contribution in [0.25, 0.3) is 0 Å². The van der Waals surface area contributed by atoms with Gasteiger partial charge in [0.25, 0.3) is 0 Å². The molecule has 4 aliphatic rings. The van der Waals surface area contributed by atoms with Crippen LogP contribution in [0.1, 0.15) is 64.1 Å². The van der Waals surface area contributed by atoms with Crippen LogP contribution in [0.5, 0.6) is 0 Å². The zero-order valence-electron chi connectivity index (χ0n) is 22.9. The third-order valence-electron chi connectivity index (χ3n) is 8.37. The molecule has 1 saturated carbocycles. The summed E-state index contributed by atoms with van der Waals surface area (Å²) in [5, 5.41) is 12.3. The maximum atomic E-state index is 13.7. The molecule has 3 amide bonds. The molecule has 0 aromatic heterocycles. The SMILES string of the molecule is C[C@@H](c1ccc(C(F)(F)F)cc1)N1C(=O)C2CC1CN2CC(NC(=O)OC(C)(C)C)C(=O)N1C(C#N)CC2CC21. The molecule has 12 heteroatoms. The Balaban J connectivity index is 1.29. The maximum Gasteiger partial charge on any atom is 0.416 e. The van der Waals surface area contributed by atoms with Crippen LogP contribution in [0, 0.1) is 17.2 Å². The number of alkyl halides is 3. The third kappa shape index (κ3) is 5.36. The van der Waals surface area contributed by atoms with Crippen molar-refractivity contribution >= 4 is 17.9 Å². The highest BCUT2D eigenvalue weighted by molar-refractivity contribution is 5.89. The van der Waals surface area contributed by atoms with Crippen molar-refractivity contribution in [2.24, 2.45) is 5.92 Å². The predicted octanol–water partition coefficient (Wildman–Crippen LogP) is 3.46. The van der Waals surface area contributed by atoms with E-state index in [4.69, 9.17) is 4.74 Å². The minimum absolute atomic E-state index is 0.00294. The van der Waals surface area contributed by atoms with E-state index in [-0.39, 0.29) is 30.4 Å². The number of alkyl carbamates (subject to hydrolysis) is 1. The smallest absolute Gasteiger partial charge is 0.416 e. The zero-order valence-corrected chi connectivity index (χ0v) is 22.9. The summed E-state index contributed by atoms with van der Waals surface area (Å²) in [6, 6.07) is 4.37. The quantitative estimate of drug-likeness (QED) is 0.571. The molecule has 40 heavy (non-hydrogen) atoms. The monoisotopic (exact) mass is 561 g/mol. The van der Waals surface area contributed by atoms with Crippen molar-refractivity contribution in [3.05, 3.63) is 35.4 Å². The molecule has 3 saturated heterocycles. The summed E-state index contributed by atoms with van der Waals surface area (Å²) in [4.78, 5) is 45.0. The average molecular weight is 562 g/mol. The van der Waals surface area contributed by atoms with Gasteiger partial charge in [-0.25, -0.2) is 4.79 Å². The van der Waals surface area contributed by atoms with Crippen molar-refractivity contribution in [1.29, 1.82) is 5.26 Å². The second-order valence-electron chi connectivity index (χ2n) is 12.3. The number of likely N-dealkylation sites (tertiary alicyclic amines) is 3. The molecule has 7 atom stereocenters. The Labute approximate surface area is 231 Å². The molecule has 1 aliphatic carbocycles. The van der Waals surface area contributed by atoms with Gasteiger partial charge in [-0.15, -0.1) is 0 Å². The standard InChI is InChI=1S/C28H34F3N5O4/c1-15(16-5-7-18(8-6-16)28(29,30)31)35-20-11-23(25(35)38)34(13-20)14-21(33-26(39)40-27(2,3)4)24(37)36-19(12-32)9-17-10-22(17)36/h5-8,15,17,19-23H,9-11,13-14H2,1-4H3,(H,33,39)/t15-,17?,19?,20?,21?,22?,23?/m0/s1. The van der Waals surface area contributed by atoms with Crippen molar-refractivity contribution in [3.8, 4) is 6.07 Å². The van der Waals surface area contributed by atoms with Crippen molar-refractivity contribution in [3.63, 3.8) is 0 Å². The van der Waals surface area contributed by atoms with Crippen LogP contribution < -0.4 is 5.32 Å². The van der Waals surface area contributed by atoms with E-state index in [0.717, 1.165) is 18.6 Å². The Kier molecular flexibility index (Phi) is 7.01. The number of piperazine rings is 1. The summed E-state index contributed by atoms with van der Waals surface area (Å²) < 4.78 is 44.4. The number of benzene rings is 1. The number of nitriles is 1. The van der Waals surface area contributed by atoms with Gasteiger partial charge < -0.3 is 19.9 Å². The van der Waals surface area contributed by atoms with Gasteiger partial charge in [-0.05, 0) is 70.6 Å². The van der Waals surface area contributed by atoms with Gasteiger partial charge in [0.1, 0.15) is 17.7 Å². The number of hydrogen-bond acceptors (Lipinski definition) is 6. The van der Waals surface area contributed by atoms with Gasteiger partial charge in [-0.2, -0.15) is 18.4 Å². The minimum atomic E-state index is -4.44. The van der Waals surface area contributed by atoms with Crippen molar-refractivity contribution in [2.75, 3.05) is 13.1 Å². The molecule has 2 bridgehead atoms. The van der Waals surface area contributed by atoms with Gasteiger partial charge in [-0.1, -0.05) is 12.1 Å².